The van der Waals surface area contributed by atoms with E-state index in [1.54, 1.807) is 19.1 Å². The van der Waals surface area contributed by atoms with Gasteiger partial charge >= 0.3 is 6.03 Å². The number of rotatable bonds is 4. The highest BCUT2D eigenvalue weighted by molar-refractivity contribution is 5.90. The van der Waals surface area contributed by atoms with Crippen LogP contribution in [-0.2, 0) is 0 Å². The second kappa shape index (κ2) is 5.93. The summed E-state index contributed by atoms with van der Waals surface area (Å²) < 4.78 is 5.20. The molecule has 2 amide bonds. The van der Waals surface area contributed by atoms with E-state index in [0.717, 1.165) is 19.4 Å². The van der Waals surface area contributed by atoms with Gasteiger partial charge < -0.3 is 20.7 Å². The molecule has 2 rings (SSSR count). The molecule has 1 aliphatic rings. The fourth-order valence-electron chi connectivity index (χ4n) is 2.37. The fourth-order valence-corrected chi connectivity index (χ4v) is 2.37. The summed E-state index contributed by atoms with van der Waals surface area (Å²) in [6.07, 6.45) is 2.01. The van der Waals surface area contributed by atoms with Gasteiger partial charge in [-0.05, 0) is 30.9 Å². The molecule has 5 heteroatoms. The van der Waals surface area contributed by atoms with Gasteiger partial charge in [0.25, 0.3) is 0 Å². The summed E-state index contributed by atoms with van der Waals surface area (Å²) in [6.45, 7) is 0.745. The molecule has 1 aliphatic carbocycles. The summed E-state index contributed by atoms with van der Waals surface area (Å²) in [5.41, 5.74) is 6.43. The third-order valence-corrected chi connectivity index (χ3v) is 3.50. The minimum Gasteiger partial charge on any atom is -0.495 e. The number of hydrogen-bond acceptors (Lipinski definition) is 3. The number of ether oxygens (including phenoxy) is 1. The SMILES string of the molecule is COc1ccccc1NC(=O)N(C)CC1CC(N)C1. The first kappa shape index (κ1) is 13.7. The summed E-state index contributed by atoms with van der Waals surface area (Å²) in [7, 11) is 3.39. The summed E-state index contributed by atoms with van der Waals surface area (Å²) in [4.78, 5) is 13.8. The number of nitrogens with two attached hydrogens (primary N) is 1. The predicted octanol–water partition coefficient (Wildman–Crippen LogP) is 1.90. The van der Waals surface area contributed by atoms with Gasteiger partial charge in [0.05, 0.1) is 12.8 Å². The Kier molecular flexibility index (Phi) is 4.27. The van der Waals surface area contributed by atoms with Gasteiger partial charge in [-0.25, -0.2) is 4.79 Å². The van der Waals surface area contributed by atoms with E-state index in [1.807, 2.05) is 24.3 Å². The lowest BCUT2D eigenvalue weighted by Gasteiger charge is -2.35. The van der Waals surface area contributed by atoms with E-state index in [2.05, 4.69) is 5.32 Å². The lowest BCUT2D eigenvalue weighted by atomic mass is 9.81. The van der Waals surface area contributed by atoms with E-state index >= 15 is 0 Å². The molecule has 0 aliphatic heterocycles. The average molecular weight is 263 g/mol. The van der Waals surface area contributed by atoms with Gasteiger partial charge in [0.1, 0.15) is 5.75 Å². The number of para-hydroxylation sites is 2. The van der Waals surface area contributed by atoms with Crippen LogP contribution in [0, 0.1) is 5.92 Å². The molecule has 1 fully saturated rings. The first-order chi connectivity index (χ1) is 9.10. The van der Waals surface area contributed by atoms with Gasteiger partial charge in [0, 0.05) is 19.6 Å². The molecule has 0 spiro atoms. The third-order valence-electron chi connectivity index (χ3n) is 3.50. The first-order valence-electron chi connectivity index (χ1n) is 6.51. The Morgan fingerprint density at radius 2 is 2.16 bits per heavy atom. The number of nitrogens with zero attached hydrogens (tertiary/aromatic N) is 1. The van der Waals surface area contributed by atoms with E-state index in [0.29, 0.717) is 23.4 Å². The van der Waals surface area contributed by atoms with Crippen molar-refractivity contribution in [2.24, 2.45) is 11.7 Å². The van der Waals surface area contributed by atoms with Crippen LogP contribution in [0.25, 0.3) is 0 Å². The fraction of sp³-hybridized carbons (Fsp3) is 0.500. The summed E-state index contributed by atoms with van der Waals surface area (Å²) in [5.74, 6) is 1.19. The van der Waals surface area contributed by atoms with E-state index in [1.165, 1.54) is 0 Å². The van der Waals surface area contributed by atoms with Gasteiger partial charge in [-0.15, -0.1) is 0 Å². The number of carbonyl (C=O) groups excluding carboxylic acids is 1. The van der Waals surface area contributed by atoms with Gasteiger partial charge in [0.15, 0.2) is 0 Å². The second-order valence-electron chi connectivity index (χ2n) is 5.11. The average Bonchev–Trinajstić information content (AvgIpc) is 2.37. The highest BCUT2D eigenvalue weighted by Gasteiger charge is 2.28. The number of urea groups is 1. The highest BCUT2D eigenvalue weighted by atomic mass is 16.5. The third kappa shape index (κ3) is 3.38. The maximum Gasteiger partial charge on any atom is 0.321 e. The van der Waals surface area contributed by atoms with Crippen molar-refractivity contribution in [1.29, 1.82) is 0 Å². The van der Waals surface area contributed by atoms with Crippen LogP contribution in [0.2, 0.25) is 0 Å². The van der Waals surface area contributed by atoms with E-state index in [9.17, 15) is 4.79 Å². The Balaban J connectivity index is 1.89. The molecule has 0 heterocycles. The van der Waals surface area contributed by atoms with E-state index < -0.39 is 0 Å². The number of hydrogen-bond donors (Lipinski definition) is 2. The second-order valence-corrected chi connectivity index (χ2v) is 5.11. The number of benzene rings is 1. The molecule has 5 nitrogen and oxygen atoms in total. The van der Waals surface area contributed by atoms with Crippen molar-refractivity contribution in [2.45, 2.75) is 18.9 Å². The molecule has 0 saturated heterocycles. The van der Waals surface area contributed by atoms with E-state index in [4.69, 9.17) is 10.5 Å². The zero-order chi connectivity index (χ0) is 13.8. The predicted molar refractivity (Wildman–Crippen MR) is 75.3 cm³/mol. The maximum absolute atomic E-state index is 12.1. The van der Waals surface area contributed by atoms with Crippen molar-refractivity contribution in [2.75, 3.05) is 26.0 Å². The van der Waals surface area contributed by atoms with Crippen molar-refractivity contribution in [3.05, 3.63) is 24.3 Å². The van der Waals surface area contributed by atoms with Crippen LogP contribution in [-0.4, -0.2) is 37.7 Å². The highest BCUT2D eigenvalue weighted by Crippen LogP contribution is 2.27. The van der Waals surface area contributed by atoms with Gasteiger partial charge in [0.2, 0.25) is 0 Å². The van der Waals surface area contributed by atoms with Crippen LogP contribution in [0.3, 0.4) is 0 Å². The summed E-state index contributed by atoms with van der Waals surface area (Å²) >= 11 is 0. The van der Waals surface area contributed by atoms with Crippen LogP contribution in [0.5, 0.6) is 5.75 Å². The molecule has 0 bridgehead atoms. The number of nitrogens with one attached hydrogen (secondary N) is 1. The smallest absolute Gasteiger partial charge is 0.321 e. The maximum atomic E-state index is 12.1. The number of carbonyl (C=O) groups is 1. The Labute approximate surface area is 113 Å². The van der Waals surface area contributed by atoms with Crippen molar-refractivity contribution < 1.29 is 9.53 Å². The topological polar surface area (TPSA) is 67.6 Å². The van der Waals surface area contributed by atoms with E-state index in [-0.39, 0.29) is 6.03 Å². The van der Waals surface area contributed by atoms with Crippen molar-refractivity contribution >= 4 is 11.7 Å². The number of amides is 2. The van der Waals surface area contributed by atoms with Crippen LogP contribution in [0.15, 0.2) is 24.3 Å². The monoisotopic (exact) mass is 263 g/mol. The molecule has 0 radical (unpaired) electrons. The Hall–Kier alpha value is -1.75. The van der Waals surface area contributed by atoms with Gasteiger partial charge in [-0.3, -0.25) is 0 Å². The van der Waals surface area contributed by atoms with Crippen LogP contribution < -0.4 is 15.8 Å². The lowest BCUT2D eigenvalue weighted by Crippen LogP contribution is -2.44. The Morgan fingerprint density at radius 1 is 1.47 bits per heavy atom. The molecule has 0 atom stereocenters. The van der Waals surface area contributed by atoms with Crippen LogP contribution >= 0.6 is 0 Å². The summed E-state index contributed by atoms with van der Waals surface area (Å²) in [6, 6.07) is 7.57. The molecule has 1 aromatic carbocycles. The lowest BCUT2D eigenvalue weighted by molar-refractivity contribution is 0.181. The quantitative estimate of drug-likeness (QED) is 0.871. The van der Waals surface area contributed by atoms with Crippen molar-refractivity contribution in [1.82, 2.24) is 4.90 Å². The van der Waals surface area contributed by atoms with Crippen LogP contribution in [0.1, 0.15) is 12.8 Å². The molecular weight excluding hydrogens is 242 g/mol. The molecule has 1 saturated carbocycles. The number of methoxy groups -OCH3 is 1. The molecule has 0 unspecified atom stereocenters. The molecule has 1 aromatic rings. The van der Waals surface area contributed by atoms with Crippen molar-refractivity contribution in [3.8, 4) is 5.75 Å². The Bertz CT molecular complexity index is 444. The van der Waals surface area contributed by atoms with Crippen LogP contribution in [0.4, 0.5) is 10.5 Å². The van der Waals surface area contributed by atoms with Crippen molar-refractivity contribution in [3.63, 3.8) is 0 Å². The Morgan fingerprint density at radius 3 is 2.79 bits per heavy atom. The minimum absolute atomic E-state index is 0.120. The van der Waals surface area contributed by atoms with Gasteiger partial charge in [-0.1, -0.05) is 12.1 Å². The first-order valence-corrected chi connectivity index (χ1v) is 6.51. The zero-order valence-corrected chi connectivity index (χ0v) is 11.4. The molecule has 0 aromatic heterocycles. The molecule has 19 heavy (non-hydrogen) atoms. The molecular formula is C14H21N3O2. The zero-order valence-electron chi connectivity index (χ0n) is 11.4. The standard InChI is InChI=1S/C14H21N3O2/c1-17(9-10-7-11(15)8-10)14(18)16-12-5-3-4-6-13(12)19-2/h3-6,10-11H,7-9,15H2,1-2H3,(H,16,18). The molecule has 3 N–H and O–H groups in total. The number of anilines is 1. The minimum atomic E-state index is -0.120. The largest absolute Gasteiger partial charge is 0.495 e. The molecule has 104 valence electrons. The summed E-state index contributed by atoms with van der Waals surface area (Å²) in [5, 5.41) is 2.86. The van der Waals surface area contributed by atoms with Gasteiger partial charge in [-0.2, -0.15) is 0 Å². The normalized spacial score (nSPS) is 21.4.